The minimum absolute atomic E-state index is 0.0125. The smallest absolute Gasteiger partial charge is 0.223 e. The van der Waals surface area contributed by atoms with Crippen molar-refractivity contribution in [2.45, 2.75) is 31.1 Å². The van der Waals surface area contributed by atoms with E-state index in [-0.39, 0.29) is 11.7 Å². The number of alkyl halides is 1. The second-order valence-electron chi connectivity index (χ2n) is 4.93. The minimum Gasteiger partial charge on any atom is -0.312 e. The largest absolute Gasteiger partial charge is 0.312 e. The molecule has 1 heterocycles. The number of benzene rings is 1. The standard InChI is InChI=1S/C14H18ClNO3S/c1-11(17)16-8-6-12-10-13(4-5-14(12)16)20(18,19)9-3-2-7-15/h4-5,10H,2-3,6-9H2,1H3. The molecule has 0 fully saturated rings. The summed E-state index contributed by atoms with van der Waals surface area (Å²) in [5, 5.41) is 0. The lowest BCUT2D eigenvalue weighted by atomic mass is 10.2. The maximum absolute atomic E-state index is 12.2. The van der Waals surface area contributed by atoms with Crippen LogP contribution in [0.5, 0.6) is 0 Å². The first-order chi connectivity index (χ1) is 9.45. The second-order valence-corrected chi connectivity index (χ2v) is 7.41. The molecule has 0 N–H and O–H groups in total. The van der Waals surface area contributed by atoms with Crippen LogP contribution in [0.2, 0.25) is 0 Å². The van der Waals surface area contributed by atoms with Crippen LogP contribution in [0.1, 0.15) is 25.3 Å². The molecule has 0 saturated carbocycles. The summed E-state index contributed by atoms with van der Waals surface area (Å²) in [6, 6.07) is 5.03. The van der Waals surface area contributed by atoms with Crippen molar-refractivity contribution in [3.63, 3.8) is 0 Å². The number of hydrogen-bond donors (Lipinski definition) is 0. The zero-order valence-corrected chi connectivity index (χ0v) is 13.0. The summed E-state index contributed by atoms with van der Waals surface area (Å²) in [6.07, 6.45) is 1.98. The molecule has 0 radical (unpaired) electrons. The number of unbranched alkanes of at least 4 members (excludes halogenated alkanes) is 1. The number of carbonyl (C=O) groups excluding carboxylic acids is 1. The summed E-state index contributed by atoms with van der Waals surface area (Å²) in [4.78, 5) is 13.5. The molecule has 0 unspecified atom stereocenters. The van der Waals surface area contributed by atoms with Crippen LogP contribution in [0.15, 0.2) is 23.1 Å². The maximum atomic E-state index is 12.2. The Morgan fingerprint density at radius 2 is 2.10 bits per heavy atom. The Balaban J connectivity index is 2.22. The molecule has 20 heavy (non-hydrogen) atoms. The van der Waals surface area contributed by atoms with Crippen molar-refractivity contribution in [2.24, 2.45) is 0 Å². The molecule has 1 aliphatic heterocycles. The van der Waals surface area contributed by atoms with E-state index in [2.05, 4.69) is 0 Å². The predicted molar refractivity (Wildman–Crippen MR) is 80.2 cm³/mol. The van der Waals surface area contributed by atoms with E-state index in [0.717, 1.165) is 11.3 Å². The molecule has 0 spiro atoms. The van der Waals surface area contributed by atoms with Gasteiger partial charge in [-0.05, 0) is 43.0 Å². The topological polar surface area (TPSA) is 54.5 Å². The van der Waals surface area contributed by atoms with E-state index in [0.29, 0.717) is 36.6 Å². The Labute approximate surface area is 124 Å². The van der Waals surface area contributed by atoms with E-state index >= 15 is 0 Å². The Kier molecular flexibility index (Phi) is 4.70. The van der Waals surface area contributed by atoms with E-state index in [4.69, 9.17) is 11.6 Å². The quantitative estimate of drug-likeness (QED) is 0.619. The van der Waals surface area contributed by atoms with Crippen LogP contribution >= 0.6 is 11.6 Å². The first-order valence-corrected chi connectivity index (χ1v) is 8.84. The first kappa shape index (κ1) is 15.3. The van der Waals surface area contributed by atoms with Gasteiger partial charge in [0.25, 0.3) is 0 Å². The minimum atomic E-state index is -3.25. The Morgan fingerprint density at radius 3 is 2.75 bits per heavy atom. The number of rotatable bonds is 5. The van der Waals surface area contributed by atoms with E-state index in [9.17, 15) is 13.2 Å². The Bertz CT molecular complexity index is 613. The monoisotopic (exact) mass is 315 g/mol. The Hall–Kier alpha value is -1.07. The molecule has 0 atom stereocenters. The van der Waals surface area contributed by atoms with E-state index in [1.54, 1.807) is 23.1 Å². The normalized spacial score (nSPS) is 14.4. The zero-order chi connectivity index (χ0) is 14.8. The average Bonchev–Trinajstić information content (AvgIpc) is 2.81. The maximum Gasteiger partial charge on any atom is 0.223 e. The molecular formula is C14H18ClNO3S. The van der Waals surface area contributed by atoms with Crippen LogP contribution in [-0.2, 0) is 21.1 Å². The molecule has 1 aromatic carbocycles. The number of fused-ring (bicyclic) bond motifs is 1. The molecule has 1 aromatic rings. The van der Waals surface area contributed by atoms with Gasteiger partial charge in [-0.15, -0.1) is 11.6 Å². The van der Waals surface area contributed by atoms with Gasteiger partial charge in [0.05, 0.1) is 10.6 Å². The van der Waals surface area contributed by atoms with Gasteiger partial charge in [-0.25, -0.2) is 8.42 Å². The summed E-state index contributed by atoms with van der Waals surface area (Å²) < 4.78 is 24.4. The average molecular weight is 316 g/mol. The van der Waals surface area contributed by atoms with Gasteiger partial charge in [0, 0.05) is 25.0 Å². The lowest BCUT2D eigenvalue weighted by Gasteiger charge is -2.14. The van der Waals surface area contributed by atoms with Crippen molar-refractivity contribution < 1.29 is 13.2 Å². The van der Waals surface area contributed by atoms with E-state index in [1.807, 2.05) is 0 Å². The number of halogens is 1. The molecule has 0 aromatic heterocycles. The molecule has 6 heteroatoms. The zero-order valence-electron chi connectivity index (χ0n) is 11.4. The van der Waals surface area contributed by atoms with E-state index < -0.39 is 9.84 Å². The third kappa shape index (κ3) is 3.15. The molecule has 2 rings (SSSR count). The predicted octanol–water partition coefficient (Wildman–Crippen LogP) is 2.39. The number of sulfone groups is 1. The van der Waals surface area contributed by atoms with Crippen molar-refractivity contribution in [1.82, 2.24) is 0 Å². The first-order valence-electron chi connectivity index (χ1n) is 6.65. The van der Waals surface area contributed by atoms with Crippen LogP contribution in [-0.4, -0.2) is 32.5 Å². The van der Waals surface area contributed by atoms with Gasteiger partial charge in [-0.1, -0.05) is 0 Å². The van der Waals surface area contributed by atoms with E-state index in [1.165, 1.54) is 6.92 Å². The third-order valence-electron chi connectivity index (χ3n) is 3.48. The van der Waals surface area contributed by atoms with Crippen molar-refractivity contribution >= 4 is 33.0 Å². The fraction of sp³-hybridized carbons (Fsp3) is 0.500. The van der Waals surface area contributed by atoms with Gasteiger partial charge in [-0.3, -0.25) is 4.79 Å². The summed E-state index contributed by atoms with van der Waals surface area (Å²) in [7, 11) is -3.25. The summed E-state index contributed by atoms with van der Waals surface area (Å²) >= 11 is 5.57. The third-order valence-corrected chi connectivity index (χ3v) is 5.55. The SMILES string of the molecule is CC(=O)N1CCc2cc(S(=O)(=O)CCCCCl)ccc21. The number of anilines is 1. The number of nitrogens with zero attached hydrogens (tertiary/aromatic N) is 1. The van der Waals surface area contributed by atoms with Crippen molar-refractivity contribution in [2.75, 3.05) is 23.1 Å². The fourth-order valence-corrected chi connectivity index (χ4v) is 4.01. The van der Waals surface area contributed by atoms with Crippen LogP contribution in [0.4, 0.5) is 5.69 Å². The van der Waals surface area contributed by atoms with Crippen molar-refractivity contribution in [3.8, 4) is 0 Å². The van der Waals surface area contributed by atoms with Crippen LogP contribution < -0.4 is 4.90 Å². The highest BCUT2D eigenvalue weighted by atomic mass is 35.5. The van der Waals surface area contributed by atoms with Crippen molar-refractivity contribution in [1.29, 1.82) is 0 Å². The molecular weight excluding hydrogens is 298 g/mol. The highest BCUT2D eigenvalue weighted by Crippen LogP contribution is 2.30. The van der Waals surface area contributed by atoms with Gasteiger partial charge in [0.1, 0.15) is 0 Å². The van der Waals surface area contributed by atoms with Crippen LogP contribution in [0.3, 0.4) is 0 Å². The van der Waals surface area contributed by atoms with Gasteiger partial charge < -0.3 is 4.90 Å². The lowest BCUT2D eigenvalue weighted by Crippen LogP contribution is -2.25. The Morgan fingerprint density at radius 1 is 1.35 bits per heavy atom. The number of carbonyl (C=O) groups is 1. The molecule has 0 aliphatic carbocycles. The van der Waals surface area contributed by atoms with Crippen molar-refractivity contribution in [3.05, 3.63) is 23.8 Å². The highest BCUT2D eigenvalue weighted by Gasteiger charge is 2.24. The molecule has 110 valence electrons. The molecule has 0 saturated heterocycles. The second kappa shape index (κ2) is 6.14. The summed E-state index contributed by atoms with van der Waals surface area (Å²) in [6.45, 7) is 2.15. The fourth-order valence-electron chi connectivity index (χ4n) is 2.40. The van der Waals surface area contributed by atoms with Crippen LogP contribution in [0, 0.1) is 0 Å². The molecule has 4 nitrogen and oxygen atoms in total. The van der Waals surface area contributed by atoms with Gasteiger partial charge in [-0.2, -0.15) is 0 Å². The molecule has 1 aliphatic rings. The van der Waals surface area contributed by atoms with Gasteiger partial charge in [0.15, 0.2) is 9.84 Å². The summed E-state index contributed by atoms with van der Waals surface area (Å²) in [5.74, 6) is 0.587. The number of hydrogen-bond acceptors (Lipinski definition) is 3. The molecule has 1 amide bonds. The molecule has 0 bridgehead atoms. The lowest BCUT2D eigenvalue weighted by molar-refractivity contribution is -0.116. The van der Waals surface area contributed by atoms with Gasteiger partial charge in [0.2, 0.25) is 5.91 Å². The summed E-state index contributed by atoms with van der Waals surface area (Å²) in [5.41, 5.74) is 1.76. The van der Waals surface area contributed by atoms with Gasteiger partial charge >= 0.3 is 0 Å². The van der Waals surface area contributed by atoms with Crippen LogP contribution in [0.25, 0.3) is 0 Å². The highest BCUT2D eigenvalue weighted by molar-refractivity contribution is 7.91. The number of amides is 1.